The average Bonchev–Trinajstić information content (AvgIpc) is 2.62. The van der Waals surface area contributed by atoms with Gasteiger partial charge in [-0.05, 0) is 39.2 Å². The van der Waals surface area contributed by atoms with Gasteiger partial charge < -0.3 is 20.1 Å². The molecular weight excluding hydrogens is 360 g/mol. The van der Waals surface area contributed by atoms with E-state index in [0.29, 0.717) is 12.8 Å². The Hall–Kier alpha value is -2.83. The maximum absolute atomic E-state index is 12.6. The molecule has 0 bridgehead atoms. The highest BCUT2D eigenvalue weighted by Gasteiger charge is 2.26. The van der Waals surface area contributed by atoms with Crippen LogP contribution >= 0.6 is 0 Å². The van der Waals surface area contributed by atoms with Crippen molar-refractivity contribution in [1.82, 2.24) is 10.6 Å². The quantitative estimate of drug-likeness (QED) is 0.600. The Morgan fingerprint density at radius 2 is 1.89 bits per heavy atom. The summed E-state index contributed by atoms with van der Waals surface area (Å²) >= 11 is 0. The molecule has 2 atom stereocenters. The topological polar surface area (TPSA) is 93.7 Å². The van der Waals surface area contributed by atoms with E-state index in [0.717, 1.165) is 5.56 Å². The number of alkyl carbamates (subject to hydrolysis) is 1. The first-order chi connectivity index (χ1) is 13.2. The Morgan fingerprint density at radius 3 is 2.57 bits per heavy atom. The smallest absolute Gasteiger partial charge is 0.408 e. The normalized spacial score (nSPS) is 22.7. The molecule has 7 nitrogen and oxygen atoms in total. The molecule has 152 valence electrons. The second kappa shape index (κ2) is 9.92. The van der Waals surface area contributed by atoms with Gasteiger partial charge in [0.25, 0.3) is 0 Å². The van der Waals surface area contributed by atoms with E-state index in [-0.39, 0.29) is 18.9 Å². The zero-order valence-electron chi connectivity index (χ0n) is 16.6. The minimum Gasteiger partial charge on any atom is -0.462 e. The maximum atomic E-state index is 12.6. The molecule has 0 unspecified atom stereocenters. The fourth-order valence-corrected chi connectivity index (χ4v) is 2.67. The van der Waals surface area contributed by atoms with Crippen molar-refractivity contribution >= 4 is 18.0 Å². The minimum atomic E-state index is -0.863. The van der Waals surface area contributed by atoms with Crippen LogP contribution in [0.3, 0.4) is 0 Å². The van der Waals surface area contributed by atoms with Crippen LogP contribution in [0.5, 0.6) is 0 Å². The van der Waals surface area contributed by atoms with E-state index in [2.05, 4.69) is 10.6 Å². The molecule has 1 aromatic carbocycles. The Balaban J connectivity index is 2.11. The molecule has 0 saturated carbocycles. The summed E-state index contributed by atoms with van der Waals surface area (Å²) in [5, 5.41) is 5.46. The lowest BCUT2D eigenvalue weighted by molar-refractivity contribution is -0.147. The molecular formula is C21H28N2O5. The molecule has 0 spiro atoms. The van der Waals surface area contributed by atoms with Crippen LogP contribution in [0, 0.1) is 0 Å². The number of rotatable bonds is 2. The van der Waals surface area contributed by atoms with Crippen molar-refractivity contribution in [2.24, 2.45) is 0 Å². The van der Waals surface area contributed by atoms with E-state index in [1.54, 1.807) is 26.8 Å². The molecule has 7 heteroatoms. The second-order valence-corrected chi connectivity index (χ2v) is 7.61. The summed E-state index contributed by atoms with van der Waals surface area (Å²) in [6, 6.07) is 7.99. The zero-order chi connectivity index (χ0) is 20.6. The van der Waals surface area contributed by atoms with Crippen LogP contribution in [0.1, 0.15) is 51.6 Å². The van der Waals surface area contributed by atoms with Crippen LogP contribution in [0.15, 0.2) is 42.5 Å². The molecule has 0 aliphatic carbocycles. The lowest BCUT2D eigenvalue weighted by atomic mass is 10.1. The van der Waals surface area contributed by atoms with Crippen LogP contribution in [0.2, 0.25) is 0 Å². The summed E-state index contributed by atoms with van der Waals surface area (Å²) in [7, 11) is 0. The lowest BCUT2D eigenvalue weighted by Gasteiger charge is -2.24. The fraction of sp³-hybridized carbons (Fsp3) is 0.476. The standard InChI is InChI=1S/C21H28N2O5/c1-21(2,3)28-20(26)23-16-12-8-5-9-13-18(24)22-17(14-27-19(16)25)15-10-6-4-7-11-15/h4-8,10-11,16-17H,9,12-14H2,1-3H3,(H,22,24)(H,23,26)/b8-5-/t16-,17+/m1/s1. The summed E-state index contributed by atoms with van der Waals surface area (Å²) in [5.41, 5.74) is 0.172. The van der Waals surface area contributed by atoms with Crippen molar-refractivity contribution in [3.8, 4) is 0 Å². The minimum absolute atomic E-state index is 0.0230. The fourth-order valence-electron chi connectivity index (χ4n) is 2.67. The Bertz CT molecular complexity index is 709. The van der Waals surface area contributed by atoms with Crippen LogP contribution < -0.4 is 10.6 Å². The number of ether oxygens (including phenoxy) is 2. The first kappa shape index (κ1) is 21.5. The van der Waals surface area contributed by atoms with Crippen LogP contribution in [-0.2, 0) is 19.1 Å². The van der Waals surface area contributed by atoms with Crippen molar-refractivity contribution < 1.29 is 23.9 Å². The number of cyclic esters (lactones) is 1. The van der Waals surface area contributed by atoms with E-state index in [9.17, 15) is 14.4 Å². The van der Waals surface area contributed by atoms with Gasteiger partial charge in [0.15, 0.2) is 0 Å². The summed E-state index contributed by atoms with van der Waals surface area (Å²) in [4.78, 5) is 36.8. The van der Waals surface area contributed by atoms with Crippen molar-refractivity contribution in [2.75, 3.05) is 6.61 Å². The highest BCUT2D eigenvalue weighted by Crippen LogP contribution is 2.15. The number of allylic oxidation sites excluding steroid dienone is 1. The number of carbonyl (C=O) groups is 3. The molecule has 28 heavy (non-hydrogen) atoms. The molecule has 1 aliphatic rings. The summed E-state index contributed by atoms with van der Waals surface area (Å²) in [5.74, 6) is -0.690. The van der Waals surface area contributed by atoms with Crippen LogP contribution in [0.25, 0.3) is 0 Å². The number of nitrogens with one attached hydrogen (secondary N) is 2. The number of hydrogen-bond acceptors (Lipinski definition) is 5. The molecule has 2 amide bonds. The SMILES string of the molecule is CC(C)(C)OC(=O)N[C@@H]1C/C=C\CCC(=O)N[C@H](c2ccccc2)COC1=O. The maximum Gasteiger partial charge on any atom is 0.408 e. The van der Waals surface area contributed by atoms with Gasteiger partial charge in [0.2, 0.25) is 5.91 Å². The van der Waals surface area contributed by atoms with Crippen LogP contribution in [0.4, 0.5) is 4.79 Å². The first-order valence-electron chi connectivity index (χ1n) is 9.40. The van der Waals surface area contributed by atoms with Crippen molar-refractivity contribution in [3.63, 3.8) is 0 Å². The monoisotopic (exact) mass is 388 g/mol. The van der Waals surface area contributed by atoms with Gasteiger partial charge in [0.05, 0.1) is 6.04 Å². The van der Waals surface area contributed by atoms with E-state index in [1.165, 1.54) is 0 Å². The van der Waals surface area contributed by atoms with Gasteiger partial charge in [-0.15, -0.1) is 0 Å². The first-order valence-corrected chi connectivity index (χ1v) is 9.40. The Labute approximate surface area is 165 Å². The van der Waals surface area contributed by atoms with Gasteiger partial charge in [-0.3, -0.25) is 4.79 Å². The van der Waals surface area contributed by atoms with Crippen LogP contribution in [-0.4, -0.2) is 36.2 Å². The molecule has 0 saturated heterocycles. The largest absolute Gasteiger partial charge is 0.462 e. The number of hydrogen-bond donors (Lipinski definition) is 2. The van der Waals surface area contributed by atoms with Crippen molar-refractivity contribution in [3.05, 3.63) is 48.0 Å². The Morgan fingerprint density at radius 1 is 1.18 bits per heavy atom. The lowest BCUT2D eigenvalue weighted by Crippen LogP contribution is -2.44. The van der Waals surface area contributed by atoms with E-state index >= 15 is 0 Å². The van der Waals surface area contributed by atoms with Gasteiger partial charge in [0, 0.05) is 6.42 Å². The second-order valence-electron chi connectivity index (χ2n) is 7.61. The van der Waals surface area contributed by atoms with Gasteiger partial charge in [-0.25, -0.2) is 9.59 Å². The summed E-state index contributed by atoms with van der Waals surface area (Å²) in [6.07, 6.45) is 4.03. The third-order valence-corrected chi connectivity index (χ3v) is 3.98. The van der Waals surface area contributed by atoms with E-state index < -0.39 is 29.7 Å². The number of amides is 2. The Kier molecular flexibility index (Phi) is 7.61. The molecule has 1 heterocycles. The summed E-state index contributed by atoms with van der Waals surface area (Å²) in [6.45, 7) is 5.22. The number of carbonyl (C=O) groups excluding carboxylic acids is 3. The van der Waals surface area contributed by atoms with Crippen molar-refractivity contribution in [1.29, 1.82) is 0 Å². The predicted molar refractivity (Wildman–Crippen MR) is 104 cm³/mol. The molecule has 0 fully saturated rings. The molecule has 2 N–H and O–H groups in total. The molecule has 2 rings (SSSR count). The van der Waals surface area contributed by atoms with Crippen molar-refractivity contribution in [2.45, 2.75) is 57.7 Å². The third kappa shape index (κ3) is 7.42. The number of benzene rings is 1. The average molecular weight is 388 g/mol. The molecule has 1 aromatic rings. The predicted octanol–water partition coefficient (Wildman–Crippen LogP) is 3.02. The van der Waals surface area contributed by atoms with E-state index in [1.807, 2.05) is 36.4 Å². The van der Waals surface area contributed by atoms with Gasteiger partial charge >= 0.3 is 12.1 Å². The molecule has 0 radical (unpaired) electrons. The highest BCUT2D eigenvalue weighted by atomic mass is 16.6. The third-order valence-electron chi connectivity index (χ3n) is 3.98. The molecule has 0 aromatic heterocycles. The zero-order valence-corrected chi connectivity index (χ0v) is 16.6. The summed E-state index contributed by atoms with van der Waals surface area (Å²) < 4.78 is 10.6. The van der Waals surface area contributed by atoms with Gasteiger partial charge in [0.1, 0.15) is 18.2 Å². The highest BCUT2D eigenvalue weighted by molar-refractivity contribution is 5.82. The van der Waals surface area contributed by atoms with Gasteiger partial charge in [-0.2, -0.15) is 0 Å². The number of esters is 1. The van der Waals surface area contributed by atoms with Gasteiger partial charge in [-0.1, -0.05) is 42.5 Å². The van der Waals surface area contributed by atoms with E-state index in [4.69, 9.17) is 9.47 Å². The molecule has 1 aliphatic heterocycles.